The fraction of sp³-hybridized carbons (Fsp3) is 0.500. The van der Waals surface area contributed by atoms with Crippen LogP contribution in [0.2, 0.25) is 0 Å². The number of rotatable bonds is 20. The van der Waals surface area contributed by atoms with Crippen molar-refractivity contribution in [1.82, 2.24) is 0 Å². The zero-order valence-corrected chi connectivity index (χ0v) is 46.5. The van der Waals surface area contributed by atoms with Crippen LogP contribution in [-0.2, 0) is 57.5 Å². The number of hydrogen-bond donors (Lipinski definition) is 4. The minimum Gasteiger partial charge on any atom is -0.550 e. The van der Waals surface area contributed by atoms with Gasteiger partial charge in [0.25, 0.3) is 0 Å². The van der Waals surface area contributed by atoms with Gasteiger partial charge in [0.2, 0.25) is 0 Å². The van der Waals surface area contributed by atoms with Gasteiger partial charge in [-0.3, -0.25) is 0 Å². The third kappa shape index (κ3) is 43.0. The summed E-state index contributed by atoms with van der Waals surface area (Å²) >= 11 is 0. The fourth-order valence-corrected chi connectivity index (χ4v) is 2.74. The second-order valence-corrected chi connectivity index (χ2v) is 9.67. The Morgan fingerprint density at radius 1 is 0.259 bits per heavy atom. The van der Waals surface area contributed by atoms with Crippen LogP contribution in [0.1, 0.15) is 51.4 Å². The molecule has 0 saturated heterocycles. The first-order valence-corrected chi connectivity index (χ1v) is 12.5. The Morgan fingerprint density at radius 2 is 0.328 bits per heavy atom. The molecule has 4 N–H and O–H groups in total. The second-order valence-electron chi connectivity index (χ2n) is 9.67. The van der Waals surface area contributed by atoms with Crippen molar-refractivity contribution >= 4 is 321 Å². The molecule has 0 aromatic rings. The molecule has 296 valence electrons. The van der Waals surface area contributed by atoms with E-state index in [0.717, 1.165) is 0 Å². The van der Waals surface area contributed by atoms with E-state index in [1.165, 1.54) is 0 Å². The van der Waals surface area contributed by atoms with Crippen LogP contribution in [0, 0.1) is 0 Å². The van der Waals surface area contributed by atoms with Gasteiger partial charge < -0.3 is 139 Å². The molecule has 0 heterocycles. The van der Waals surface area contributed by atoms with E-state index in [2.05, 4.69) is 0 Å². The molecular formula is C24H20Ca3O28Sr3. The van der Waals surface area contributed by atoms with E-state index >= 15 is 0 Å². The largest absolute Gasteiger partial charge is 2.00 e. The molecule has 28 nitrogen and oxygen atoms in total. The van der Waals surface area contributed by atoms with Crippen molar-refractivity contribution in [2.75, 3.05) is 0 Å². The minimum atomic E-state index is -2.97. The van der Waals surface area contributed by atoms with Gasteiger partial charge in [0, 0.05) is 99.1 Å². The van der Waals surface area contributed by atoms with Crippen LogP contribution in [0.15, 0.2) is 0 Å². The Morgan fingerprint density at radius 3 is 0.362 bits per heavy atom. The molecular weight excluding hydrogens is 1120 g/mol. The maximum Gasteiger partial charge on any atom is 2.00 e. The van der Waals surface area contributed by atoms with Crippen molar-refractivity contribution in [2.24, 2.45) is 0 Å². The number of hydrogen-bond acceptors (Lipinski definition) is 28. The third-order valence-electron chi connectivity index (χ3n) is 5.01. The average Bonchev–Trinajstić information content (AvgIpc) is 2.85. The Balaban J connectivity index is -0.0000000640. The van der Waals surface area contributed by atoms with Crippen molar-refractivity contribution in [3.05, 3.63) is 0 Å². The molecule has 0 amide bonds. The van der Waals surface area contributed by atoms with Gasteiger partial charge >= 0.3 is 250 Å². The average molecular weight is 1140 g/mol. The Hall–Kier alpha value is 1.70. The van der Waals surface area contributed by atoms with Crippen LogP contribution in [0.25, 0.3) is 0 Å². The molecule has 0 saturated carbocycles. The maximum atomic E-state index is 10.1. The zero-order valence-electron chi connectivity index (χ0n) is 29.5. The number of carbonyl (C=O) groups excluding carboxylic acids is 12. The quantitative estimate of drug-likeness (QED) is 0.0822. The minimum absolute atomic E-state index is 0. The first kappa shape index (κ1) is 83.3. The predicted octanol–water partition coefficient (Wildman–Crippen LogP) is -23.3. The molecule has 0 rings (SSSR count). The van der Waals surface area contributed by atoms with E-state index in [9.17, 15) is 119 Å². The van der Waals surface area contributed by atoms with E-state index in [1.54, 1.807) is 0 Å². The van der Waals surface area contributed by atoms with Gasteiger partial charge in [-0.1, -0.05) is 0 Å². The van der Waals surface area contributed by atoms with Crippen molar-refractivity contribution in [2.45, 2.75) is 73.8 Å². The van der Waals surface area contributed by atoms with Gasteiger partial charge in [-0.25, -0.2) is 0 Å². The summed E-state index contributed by atoms with van der Waals surface area (Å²) in [7, 11) is 0. The van der Waals surface area contributed by atoms with Crippen molar-refractivity contribution < 1.29 is 139 Å². The summed E-state index contributed by atoms with van der Waals surface area (Å²) < 4.78 is 0. The first-order chi connectivity index (χ1) is 23.1. The summed E-state index contributed by atoms with van der Waals surface area (Å²) in [5.41, 5.74) is -11.9. The second kappa shape index (κ2) is 40.2. The topological polar surface area (TPSA) is 562 Å². The third-order valence-corrected chi connectivity index (χ3v) is 5.01. The van der Waals surface area contributed by atoms with Gasteiger partial charge in [0.1, 0.15) is 22.4 Å². The number of carboxylic acids is 12. The molecule has 0 fully saturated rings. The Kier molecular flexibility index (Phi) is 57.8. The molecule has 58 heavy (non-hydrogen) atoms. The van der Waals surface area contributed by atoms with E-state index in [-0.39, 0.29) is 250 Å². The van der Waals surface area contributed by atoms with Gasteiger partial charge in [-0.15, -0.1) is 0 Å². The van der Waals surface area contributed by atoms with Crippen LogP contribution in [-0.4, -0.2) is 364 Å². The molecule has 0 aliphatic heterocycles. The summed E-state index contributed by atoms with van der Waals surface area (Å²) in [6.07, 6.45) is -10.9. The van der Waals surface area contributed by atoms with Crippen molar-refractivity contribution in [3.8, 4) is 0 Å². The molecule has 0 aliphatic carbocycles. The van der Waals surface area contributed by atoms with Crippen LogP contribution >= 0.6 is 0 Å². The van der Waals surface area contributed by atoms with E-state index in [4.69, 9.17) is 20.4 Å². The van der Waals surface area contributed by atoms with Gasteiger partial charge in [0.05, 0.1) is 23.9 Å². The van der Waals surface area contributed by atoms with Crippen LogP contribution in [0.4, 0.5) is 0 Å². The van der Waals surface area contributed by atoms with Crippen LogP contribution in [0.3, 0.4) is 0 Å². The smallest absolute Gasteiger partial charge is 0.550 e. The first-order valence-electron chi connectivity index (χ1n) is 12.5. The van der Waals surface area contributed by atoms with E-state index in [0.29, 0.717) is 0 Å². The monoisotopic (exact) mass is 1140 g/mol. The number of carboxylic acid groups (broad SMARTS) is 12. The summed E-state index contributed by atoms with van der Waals surface area (Å²) in [6.45, 7) is 0. The van der Waals surface area contributed by atoms with Crippen molar-refractivity contribution in [1.29, 1.82) is 0 Å². The predicted molar refractivity (Wildman–Crippen MR) is 151 cm³/mol. The van der Waals surface area contributed by atoms with Crippen molar-refractivity contribution in [3.63, 3.8) is 0 Å². The summed E-state index contributed by atoms with van der Waals surface area (Å²) in [4.78, 5) is 120. The molecule has 34 heteroatoms. The standard InChI is InChI=1S/4C6H8O7.3Ca.3Sr/c4*7-3(8)1-6(13,5(11)12)2-4(9)10;;;;;;/h4*13H,1-2H2,(H,7,8)(H,9,10)(H,11,12);;;;;;/q;;;;6*+2/p-12. The van der Waals surface area contributed by atoms with Gasteiger partial charge in [-0.05, 0) is 0 Å². The summed E-state index contributed by atoms with van der Waals surface area (Å²) in [5, 5.41) is 156. The number of carbonyl (C=O) groups is 12. The van der Waals surface area contributed by atoms with E-state index in [1.807, 2.05) is 0 Å². The molecule has 0 unspecified atom stereocenters. The van der Waals surface area contributed by atoms with E-state index < -0.39 is 145 Å². The molecule has 0 aromatic heterocycles. The SMILES string of the molecule is O=C([O-])CC(O)(CC(=O)[O-])C(=O)[O-].O=C([O-])CC(O)(CC(=O)[O-])C(=O)[O-].O=C([O-])CC(O)(CC(=O)[O-])C(=O)[O-].O=C([O-])CC(O)(CC(=O)[O-])C(=O)[O-].[Ca+2].[Ca+2].[Ca+2].[Sr+2].[Sr+2].[Sr+2]. The molecule has 0 spiro atoms. The van der Waals surface area contributed by atoms with Crippen LogP contribution in [0.5, 0.6) is 0 Å². The molecule has 0 radical (unpaired) electrons. The molecule has 0 atom stereocenters. The Bertz CT molecular complexity index is 1150. The van der Waals surface area contributed by atoms with Gasteiger partial charge in [0.15, 0.2) is 0 Å². The number of aliphatic hydroxyl groups is 4. The zero-order chi connectivity index (χ0) is 42.6. The summed E-state index contributed by atoms with van der Waals surface area (Å²) in [6, 6.07) is 0. The fourth-order valence-electron chi connectivity index (χ4n) is 2.74. The van der Waals surface area contributed by atoms with Crippen LogP contribution < -0.4 is 61.3 Å². The molecule has 0 aromatic carbocycles. The molecule has 0 bridgehead atoms. The Labute approximate surface area is 523 Å². The molecule has 0 aliphatic rings. The maximum absolute atomic E-state index is 10.1. The summed E-state index contributed by atoms with van der Waals surface area (Å²) in [5.74, 6) is -23.9. The number of aliphatic carboxylic acids is 12. The van der Waals surface area contributed by atoms with Gasteiger partial charge in [-0.2, -0.15) is 0 Å². The normalized spacial score (nSPS) is 9.72.